The minimum atomic E-state index is 0. The van der Waals surface area contributed by atoms with E-state index in [2.05, 4.69) is 40.2 Å². The van der Waals surface area contributed by atoms with E-state index in [1.807, 2.05) is 6.07 Å². The highest BCUT2D eigenvalue weighted by atomic mass is 35.5. The topological polar surface area (TPSA) is 48.5 Å². The van der Waals surface area contributed by atoms with Crippen molar-refractivity contribution in [2.45, 2.75) is 25.8 Å². The molecule has 2 fully saturated rings. The summed E-state index contributed by atoms with van der Waals surface area (Å²) in [5.74, 6) is 0.558. The Bertz CT molecular complexity index is 696. The van der Waals surface area contributed by atoms with Gasteiger partial charge in [-0.15, -0.1) is 12.4 Å². The molecule has 1 aromatic carbocycles. The maximum absolute atomic E-state index is 12.7. The first kappa shape index (κ1) is 18.4. The van der Waals surface area contributed by atoms with Gasteiger partial charge in [-0.25, -0.2) is 4.98 Å². The molecule has 0 bridgehead atoms. The molecule has 0 radical (unpaired) electrons. The van der Waals surface area contributed by atoms with Crippen LogP contribution in [-0.2, 0) is 4.79 Å². The smallest absolute Gasteiger partial charge is 0.225 e. The van der Waals surface area contributed by atoms with Gasteiger partial charge in [0.2, 0.25) is 5.91 Å². The Morgan fingerprint density at radius 2 is 2.00 bits per heavy atom. The predicted molar refractivity (Wildman–Crippen MR) is 106 cm³/mol. The van der Waals surface area contributed by atoms with Crippen LogP contribution in [0.15, 0.2) is 24.3 Å². The summed E-state index contributed by atoms with van der Waals surface area (Å²) in [5.41, 5.74) is 1.07. The van der Waals surface area contributed by atoms with Gasteiger partial charge in [0.1, 0.15) is 0 Å². The molecule has 0 unspecified atom stereocenters. The summed E-state index contributed by atoms with van der Waals surface area (Å²) in [6, 6.07) is 8.72. The Kier molecular flexibility index (Phi) is 5.81. The number of piperazine rings is 1. The van der Waals surface area contributed by atoms with E-state index < -0.39 is 0 Å². The van der Waals surface area contributed by atoms with Crippen LogP contribution < -0.4 is 10.2 Å². The van der Waals surface area contributed by atoms with Crippen LogP contribution in [0.5, 0.6) is 0 Å². The molecule has 2 aliphatic rings. The number of thiazole rings is 1. The quantitative estimate of drug-likeness (QED) is 0.870. The molecule has 2 aromatic rings. The first-order valence-electron chi connectivity index (χ1n) is 8.83. The van der Waals surface area contributed by atoms with Crippen LogP contribution in [0.2, 0.25) is 0 Å². The fourth-order valence-corrected chi connectivity index (χ4v) is 4.75. The number of benzene rings is 1. The highest BCUT2D eigenvalue weighted by Crippen LogP contribution is 2.29. The lowest BCUT2D eigenvalue weighted by molar-refractivity contribution is -0.137. The fourth-order valence-electron chi connectivity index (χ4n) is 3.73. The van der Waals surface area contributed by atoms with Crippen molar-refractivity contribution in [3.05, 3.63) is 24.3 Å². The molecule has 3 heterocycles. The van der Waals surface area contributed by atoms with Crippen LogP contribution >= 0.6 is 23.7 Å². The first-order valence-corrected chi connectivity index (χ1v) is 9.65. The number of anilines is 1. The van der Waals surface area contributed by atoms with E-state index in [1.54, 1.807) is 11.3 Å². The molecule has 0 aliphatic carbocycles. The second-order valence-corrected chi connectivity index (χ2v) is 7.86. The Morgan fingerprint density at radius 1 is 1.24 bits per heavy atom. The standard InChI is InChI=1S/C18H24N4OS.ClH/c1-13-12-14(6-7-19-13)17(23)21-8-10-22(11-9-21)18-20-15-4-2-3-5-16(15)24-18;/h2-5,13-14,19H,6-12H2,1H3;1H/t13-,14-;/m0./s1. The number of nitrogens with one attached hydrogen (secondary N) is 1. The zero-order valence-corrected chi connectivity index (χ0v) is 16.1. The SMILES string of the molecule is C[C@H]1C[C@@H](C(=O)N2CCN(c3nc4ccccc4s3)CC2)CCN1.Cl. The summed E-state index contributed by atoms with van der Waals surface area (Å²) in [7, 11) is 0. The zero-order chi connectivity index (χ0) is 16.5. The molecule has 2 saturated heterocycles. The monoisotopic (exact) mass is 380 g/mol. The minimum Gasteiger partial charge on any atom is -0.345 e. The molecule has 2 aliphatic heterocycles. The number of amides is 1. The van der Waals surface area contributed by atoms with Crippen molar-refractivity contribution >= 4 is 45.0 Å². The van der Waals surface area contributed by atoms with Crippen LogP contribution in [0.25, 0.3) is 10.2 Å². The molecule has 2 atom stereocenters. The van der Waals surface area contributed by atoms with Crippen LogP contribution in [0.3, 0.4) is 0 Å². The van der Waals surface area contributed by atoms with Crippen LogP contribution in [0, 0.1) is 5.92 Å². The van der Waals surface area contributed by atoms with E-state index in [0.717, 1.165) is 56.2 Å². The highest BCUT2D eigenvalue weighted by molar-refractivity contribution is 7.22. The molecule has 4 rings (SSSR count). The molecular weight excluding hydrogens is 356 g/mol. The van der Waals surface area contributed by atoms with Gasteiger partial charge in [-0.1, -0.05) is 23.5 Å². The summed E-state index contributed by atoms with van der Waals surface area (Å²) >= 11 is 1.74. The number of halogens is 1. The van der Waals surface area contributed by atoms with E-state index in [0.29, 0.717) is 11.9 Å². The number of hydrogen-bond donors (Lipinski definition) is 1. The molecule has 7 heteroatoms. The summed E-state index contributed by atoms with van der Waals surface area (Å²) in [4.78, 5) is 21.9. The number of para-hydroxylation sites is 1. The maximum atomic E-state index is 12.7. The van der Waals surface area contributed by atoms with E-state index >= 15 is 0 Å². The lowest BCUT2D eigenvalue weighted by atomic mass is 9.92. The third kappa shape index (κ3) is 3.91. The first-order chi connectivity index (χ1) is 11.7. The fraction of sp³-hybridized carbons (Fsp3) is 0.556. The van der Waals surface area contributed by atoms with Crippen molar-refractivity contribution in [1.29, 1.82) is 0 Å². The van der Waals surface area contributed by atoms with Crippen LogP contribution in [0.1, 0.15) is 19.8 Å². The average molecular weight is 381 g/mol. The average Bonchev–Trinajstić information content (AvgIpc) is 3.05. The number of hydrogen-bond acceptors (Lipinski definition) is 5. The second-order valence-electron chi connectivity index (χ2n) is 6.85. The van der Waals surface area contributed by atoms with Gasteiger partial charge in [0.25, 0.3) is 0 Å². The number of rotatable bonds is 2. The van der Waals surface area contributed by atoms with E-state index in [1.165, 1.54) is 4.70 Å². The van der Waals surface area contributed by atoms with Crippen LogP contribution in [0.4, 0.5) is 5.13 Å². The van der Waals surface area contributed by atoms with Gasteiger partial charge in [-0.05, 0) is 38.4 Å². The molecule has 0 spiro atoms. The number of nitrogens with zero attached hydrogens (tertiary/aromatic N) is 3. The van der Waals surface area contributed by atoms with Crippen molar-refractivity contribution in [3.63, 3.8) is 0 Å². The molecule has 25 heavy (non-hydrogen) atoms. The number of carbonyl (C=O) groups excluding carboxylic acids is 1. The molecule has 1 aromatic heterocycles. The van der Waals surface area contributed by atoms with Gasteiger partial charge >= 0.3 is 0 Å². The van der Waals surface area contributed by atoms with Crippen molar-refractivity contribution < 1.29 is 4.79 Å². The van der Waals surface area contributed by atoms with Crippen molar-refractivity contribution in [3.8, 4) is 0 Å². The molecular formula is C18H25ClN4OS. The molecule has 1 N–H and O–H groups in total. The summed E-state index contributed by atoms with van der Waals surface area (Å²) in [6.45, 7) is 6.52. The Labute approximate surface area is 158 Å². The minimum absolute atomic E-state index is 0. The largest absolute Gasteiger partial charge is 0.345 e. The van der Waals surface area contributed by atoms with Crippen molar-refractivity contribution in [1.82, 2.24) is 15.2 Å². The van der Waals surface area contributed by atoms with Crippen molar-refractivity contribution in [2.75, 3.05) is 37.6 Å². The molecule has 136 valence electrons. The van der Waals surface area contributed by atoms with Gasteiger partial charge < -0.3 is 15.1 Å². The number of aromatic nitrogens is 1. The highest BCUT2D eigenvalue weighted by Gasteiger charge is 2.30. The lowest BCUT2D eigenvalue weighted by Crippen LogP contribution is -2.52. The summed E-state index contributed by atoms with van der Waals surface area (Å²) < 4.78 is 1.23. The van der Waals surface area contributed by atoms with Crippen LogP contribution in [-0.4, -0.2) is 54.6 Å². The molecule has 1 amide bonds. The Hall–Kier alpha value is -1.37. The van der Waals surface area contributed by atoms with E-state index in [4.69, 9.17) is 4.98 Å². The zero-order valence-electron chi connectivity index (χ0n) is 14.5. The normalized spacial score (nSPS) is 24.2. The number of carbonyl (C=O) groups is 1. The van der Waals surface area contributed by atoms with Gasteiger partial charge in [-0.3, -0.25) is 4.79 Å². The second kappa shape index (κ2) is 7.89. The number of piperidine rings is 1. The van der Waals surface area contributed by atoms with Gasteiger partial charge in [0.15, 0.2) is 5.13 Å². The molecule has 0 saturated carbocycles. The summed E-state index contributed by atoms with van der Waals surface area (Å²) in [6.07, 6.45) is 1.94. The maximum Gasteiger partial charge on any atom is 0.225 e. The van der Waals surface area contributed by atoms with Crippen molar-refractivity contribution in [2.24, 2.45) is 5.92 Å². The van der Waals surface area contributed by atoms with E-state index in [9.17, 15) is 4.79 Å². The molecule has 5 nitrogen and oxygen atoms in total. The Balaban J connectivity index is 0.00000182. The lowest BCUT2D eigenvalue weighted by Gasteiger charge is -2.38. The third-order valence-corrected chi connectivity index (χ3v) is 6.21. The van der Waals surface area contributed by atoms with Gasteiger partial charge in [-0.2, -0.15) is 0 Å². The number of fused-ring (bicyclic) bond motifs is 1. The van der Waals surface area contributed by atoms with E-state index in [-0.39, 0.29) is 18.3 Å². The van der Waals surface area contributed by atoms with Gasteiger partial charge in [0.05, 0.1) is 10.2 Å². The third-order valence-electron chi connectivity index (χ3n) is 5.12. The summed E-state index contributed by atoms with van der Waals surface area (Å²) in [5, 5.41) is 4.51. The van der Waals surface area contributed by atoms with Gasteiger partial charge in [0, 0.05) is 38.1 Å². The predicted octanol–water partition coefficient (Wildman–Crippen LogP) is 2.75. The Morgan fingerprint density at radius 3 is 2.72 bits per heavy atom.